The molecule has 3 aliphatic heterocycles. The van der Waals surface area contributed by atoms with E-state index in [-0.39, 0.29) is 11.8 Å². The first-order chi connectivity index (χ1) is 20.4. The Morgan fingerprint density at radius 1 is 1.10 bits per heavy atom. The molecule has 42 heavy (non-hydrogen) atoms. The van der Waals surface area contributed by atoms with Gasteiger partial charge in [0.05, 0.1) is 24.5 Å². The van der Waals surface area contributed by atoms with E-state index in [2.05, 4.69) is 50.1 Å². The normalized spacial score (nSPS) is 16.5. The number of carbonyl (C=O) groups is 2. The third kappa shape index (κ3) is 5.23. The molecule has 1 fully saturated rings. The van der Waals surface area contributed by atoms with Gasteiger partial charge < -0.3 is 25.2 Å². The van der Waals surface area contributed by atoms with Crippen LogP contribution < -0.4 is 25.2 Å². The number of hydrogen-bond acceptors (Lipinski definition) is 10. The van der Waals surface area contributed by atoms with Gasteiger partial charge in [0.2, 0.25) is 17.8 Å². The molecule has 1 aromatic heterocycles. The monoisotopic (exact) mass is 567 g/mol. The second-order valence-electron chi connectivity index (χ2n) is 10.2. The predicted molar refractivity (Wildman–Crippen MR) is 163 cm³/mol. The van der Waals surface area contributed by atoms with Crippen molar-refractivity contribution in [2.45, 2.75) is 6.92 Å². The Kier molecular flexibility index (Phi) is 7.44. The fourth-order valence-corrected chi connectivity index (χ4v) is 5.24. The van der Waals surface area contributed by atoms with Crippen LogP contribution in [0.4, 0.5) is 34.5 Å². The lowest BCUT2D eigenvalue weighted by Crippen LogP contribution is -2.48. The number of nitrogens with one attached hydrogen (secondary N) is 2. The van der Waals surface area contributed by atoms with E-state index in [9.17, 15) is 9.59 Å². The molecule has 4 heterocycles. The summed E-state index contributed by atoms with van der Waals surface area (Å²) < 4.78 is 6.01. The van der Waals surface area contributed by atoms with Crippen LogP contribution in [0.1, 0.15) is 17.3 Å². The molecule has 0 atom stereocenters. The molecule has 0 aliphatic carbocycles. The number of carbonyl (C=O) groups excluding carboxylic acids is 2. The number of aromatic nitrogens is 2. The van der Waals surface area contributed by atoms with Crippen molar-refractivity contribution in [1.82, 2.24) is 19.8 Å². The van der Waals surface area contributed by atoms with Crippen molar-refractivity contribution in [3.05, 3.63) is 66.9 Å². The summed E-state index contributed by atoms with van der Waals surface area (Å²) in [7, 11) is 2.14. The van der Waals surface area contributed by atoms with Gasteiger partial charge in [0, 0.05) is 56.4 Å². The average Bonchev–Trinajstić information content (AvgIpc) is 3.49. The summed E-state index contributed by atoms with van der Waals surface area (Å²) in [5.74, 6) is 1.36. The average molecular weight is 568 g/mol. The molecular formula is C30H33N9O3. The van der Waals surface area contributed by atoms with Crippen LogP contribution in [0.2, 0.25) is 0 Å². The summed E-state index contributed by atoms with van der Waals surface area (Å²) in [6, 6.07) is 13.4. The van der Waals surface area contributed by atoms with E-state index in [1.807, 2.05) is 36.1 Å². The number of hydrogen-bond donors (Lipinski definition) is 2. The Morgan fingerprint density at radius 3 is 2.71 bits per heavy atom. The Hall–Kier alpha value is -4.97. The number of aliphatic imine (C=N–C) groups is 1. The lowest BCUT2D eigenvalue weighted by atomic mass is 10.1. The van der Waals surface area contributed by atoms with Gasteiger partial charge in [-0.1, -0.05) is 12.6 Å². The van der Waals surface area contributed by atoms with Crippen LogP contribution in [-0.4, -0.2) is 90.5 Å². The minimum absolute atomic E-state index is 0.202. The van der Waals surface area contributed by atoms with Crippen LogP contribution >= 0.6 is 0 Å². The molecule has 0 bridgehead atoms. The lowest BCUT2D eigenvalue weighted by molar-refractivity contribution is -0.111. The zero-order chi connectivity index (χ0) is 29.2. The minimum Gasteiger partial charge on any atom is -0.492 e. The number of nitrogens with zero attached hydrogens (tertiary/aromatic N) is 7. The van der Waals surface area contributed by atoms with Crippen molar-refractivity contribution in [1.29, 1.82) is 0 Å². The number of ether oxygens (including phenoxy) is 1. The number of benzene rings is 2. The number of fused-ring (bicyclic) bond motifs is 2. The fraction of sp³-hybridized carbons (Fsp3) is 0.300. The Balaban J connectivity index is 1.35. The first-order valence-corrected chi connectivity index (χ1v) is 14.0. The van der Waals surface area contributed by atoms with Gasteiger partial charge in [-0.15, -0.1) is 0 Å². The van der Waals surface area contributed by atoms with Gasteiger partial charge in [-0.05, 0) is 50.4 Å². The van der Waals surface area contributed by atoms with Crippen molar-refractivity contribution in [2.75, 3.05) is 73.4 Å². The first kappa shape index (κ1) is 27.2. The van der Waals surface area contributed by atoms with E-state index < -0.39 is 0 Å². The zero-order valence-electron chi connectivity index (χ0n) is 23.7. The van der Waals surface area contributed by atoms with Gasteiger partial charge >= 0.3 is 0 Å². The summed E-state index contributed by atoms with van der Waals surface area (Å²) in [5, 5.41) is 6.09. The molecule has 0 radical (unpaired) electrons. The quantitative estimate of drug-likeness (QED) is 0.395. The van der Waals surface area contributed by atoms with E-state index in [1.54, 1.807) is 17.0 Å². The van der Waals surface area contributed by atoms with Crippen molar-refractivity contribution in [3.63, 3.8) is 0 Å². The van der Waals surface area contributed by atoms with Gasteiger partial charge in [-0.3, -0.25) is 24.4 Å². The largest absolute Gasteiger partial charge is 0.492 e. The Labute approximate surface area is 244 Å². The molecule has 2 aromatic carbocycles. The number of likely N-dealkylation sites (N-methyl/N-ethyl adjacent to an activating group) is 1. The van der Waals surface area contributed by atoms with Crippen molar-refractivity contribution in [2.24, 2.45) is 4.99 Å². The molecule has 3 aliphatic rings. The molecule has 1 saturated heterocycles. The molecule has 6 rings (SSSR count). The Bertz CT molecular complexity index is 1570. The van der Waals surface area contributed by atoms with Crippen molar-refractivity contribution >= 4 is 52.3 Å². The van der Waals surface area contributed by atoms with E-state index in [1.165, 1.54) is 12.3 Å². The third-order valence-electron chi connectivity index (χ3n) is 7.41. The summed E-state index contributed by atoms with van der Waals surface area (Å²) in [6.45, 7) is 10.8. The van der Waals surface area contributed by atoms with Crippen LogP contribution in [-0.2, 0) is 4.79 Å². The van der Waals surface area contributed by atoms with Crippen LogP contribution in [0, 0.1) is 0 Å². The lowest BCUT2D eigenvalue weighted by Gasteiger charge is -2.35. The highest BCUT2D eigenvalue weighted by molar-refractivity contribution is 6.21. The molecular weight excluding hydrogens is 534 g/mol. The predicted octanol–water partition coefficient (Wildman–Crippen LogP) is 3.46. The molecule has 0 saturated carbocycles. The van der Waals surface area contributed by atoms with Gasteiger partial charge in [-0.25, -0.2) is 4.98 Å². The van der Waals surface area contributed by atoms with E-state index in [0.29, 0.717) is 60.1 Å². The molecule has 216 valence electrons. The molecule has 0 unspecified atom stereocenters. The fourth-order valence-electron chi connectivity index (χ4n) is 5.24. The zero-order valence-corrected chi connectivity index (χ0v) is 23.7. The third-order valence-corrected chi connectivity index (χ3v) is 7.41. The van der Waals surface area contributed by atoms with Gasteiger partial charge in [0.1, 0.15) is 11.3 Å². The van der Waals surface area contributed by atoms with Gasteiger partial charge in [0.25, 0.3) is 5.91 Å². The SMILES string of the molecule is C=CC(=O)Nc1cccc(N2C3=NCCN3C(=O)c3cnc(Nc4ccc(N5CCN(C)CC5)cc4OCC)nc32)c1. The second kappa shape index (κ2) is 11.5. The summed E-state index contributed by atoms with van der Waals surface area (Å²) in [4.78, 5) is 47.3. The number of rotatable bonds is 8. The van der Waals surface area contributed by atoms with Crippen molar-refractivity contribution < 1.29 is 14.3 Å². The molecule has 2 amide bonds. The maximum absolute atomic E-state index is 13.4. The maximum Gasteiger partial charge on any atom is 0.266 e. The second-order valence-corrected chi connectivity index (χ2v) is 10.2. The van der Waals surface area contributed by atoms with E-state index in [0.717, 1.165) is 37.6 Å². The van der Waals surface area contributed by atoms with E-state index >= 15 is 0 Å². The van der Waals surface area contributed by atoms with Crippen LogP contribution in [0.25, 0.3) is 0 Å². The first-order valence-electron chi connectivity index (χ1n) is 14.0. The molecule has 2 N–H and O–H groups in total. The topological polar surface area (TPSA) is 119 Å². The number of amides is 2. The maximum atomic E-state index is 13.4. The van der Waals surface area contributed by atoms with Crippen LogP contribution in [0.3, 0.4) is 0 Å². The highest BCUT2D eigenvalue weighted by Gasteiger charge is 2.40. The Morgan fingerprint density at radius 2 is 1.93 bits per heavy atom. The number of piperazine rings is 1. The standard InChI is InChI=1S/C30H33N9O3/c1-4-26(40)33-20-7-6-8-22(17-20)39-27-23(28(41)38-12-11-31-30(38)39)19-32-29(35-27)34-24-10-9-21(18-25(24)42-5-2)37-15-13-36(3)14-16-37/h4,6-10,17-19H,1,5,11-16H2,2-3H3,(H,33,40)(H,32,34,35). The number of guanidine groups is 1. The molecule has 12 heteroatoms. The highest BCUT2D eigenvalue weighted by atomic mass is 16.5. The minimum atomic E-state index is -0.321. The van der Waals surface area contributed by atoms with Gasteiger partial charge in [-0.2, -0.15) is 4.98 Å². The number of anilines is 6. The van der Waals surface area contributed by atoms with Gasteiger partial charge in [0.15, 0.2) is 5.82 Å². The highest BCUT2D eigenvalue weighted by Crippen LogP contribution is 2.37. The van der Waals surface area contributed by atoms with Crippen LogP contribution in [0.15, 0.2) is 66.3 Å². The summed E-state index contributed by atoms with van der Waals surface area (Å²) in [6.07, 6.45) is 2.75. The van der Waals surface area contributed by atoms with E-state index in [4.69, 9.17) is 9.72 Å². The van der Waals surface area contributed by atoms with Crippen LogP contribution in [0.5, 0.6) is 5.75 Å². The van der Waals surface area contributed by atoms with Crippen molar-refractivity contribution in [3.8, 4) is 5.75 Å². The molecule has 12 nitrogen and oxygen atoms in total. The summed E-state index contributed by atoms with van der Waals surface area (Å²) >= 11 is 0. The molecule has 0 spiro atoms. The molecule has 3 aromatic rings. The smallest absolute Gasteiger partial charge is 0.266 e. The summed E-state index contributed by atoms with van der Waals surface area (Å²) in [5.41, 5.74) is 3.44.